The zero-order valence-corrected chi connectivity index (χ0v) is 9.80. The van der Waals surface area contributed by atoms with Crippen LogP contribution in [0.1, 0.15) is 23.2 Å². The van der Waals surface area contributed by atoms with Gasteiger partial charge in [0.15, 0.2) is 0 Å². The van der Waals surface area contributed by atoms with Gasteiger partial charge in [-0.25, -0.2) is 4.98 Å². The lowest BCUT2D eigenvalue weighted by Crippen LogP contribution is -2.39. The Kier molecular flexibility index (Phi) is 3.58. The molecule has 17 heavy (non-hydrogen) atoms. The fourth-order valence-corrected chi connectivity index (χ4v) is 2.29. The first-order valence-electron chi connectivity index (χ1n) is 5.92. The summed E-state index contributed by atoms with van der Waals surface area (Å²) in [5.74, 6) is 0.743. The second-order valence-electron chi connectivity index (χ2n) is 4.43. The van der Waals surface area contributed by atoms with Gasteiger partial charge in [-0.1, -0.05) is 0 Å². The molecular formula is C12H18N4O. The Morgan fingerprint density at radius 3 is 3.12 bits per heavy atom. The quantitative estimate of drug-likeness (QED) is 0.790. The van der Waals surface area contributed by atoms with Crippen LogP contribution in [0.3, 0.4) is 0 Å². The third-order valence-corrected chi connectivity index (χ3v) is 3.20. The van der Waals surface area contributed by atoms with Crippen LogP contribution in [0.5, 0.6) is 0 Å². The number of rotatable bonds is 3. The second kappa shape index (κ2) is 5.14. The third kappa shape index (κ3) is 2.55. The average molecular weight is 234 g/mol. The van der Waals surface area contributed by atoms with E-state index in [-0.39, 0.29) is 0 Å². The van der Waals surface area contributed by atoms with Crippen LogP contribution in [-0.2, 0) is 0 Å². The van der Waals surface area contributed by atoms with Gasteiger partial charge in [-0.3, -0.25) is 4.79 Å². The molecule has 5 heteroatoms. The summed E-state index contributed by atoms with van der Waals surface area (Å²) >= 11 is 0. The number of aromatic nitrogens is 1. The van der Waals surface area contributed by atoms with Crippen molar-refractivity contribution in [2.75, 3.05) is 24.5 Å². The van der Waals surface area contributed by atoms with Crippen LogP contribution in [0.2, 0.25) is 0 Å². The van der Waals surface area contributed by atoms with Crippen LogP contribution < -0.4 is 16.4 Å². The molecule has 2 heterocycles. The molecule has 4 N–H and O–H groups in total. The van der Waals surface area contributed by atoms with Crippen molar-refractivity contribution < 1.29 is 4.79 Å². The van der Waals surface area contributed by atoms with E-state index in [0.717, 1.165) is 25.9 Å². The number of nitrogens with two attached hydrogens (primary N) is 2. The minimum absolute atomic E-state index is 0.428. The van der Waals surface area contributed by atoms with E-state index in [1.165, 1.54) is 0 Å². The molecule has 0 bridgehead atoms. The van der Waals surface area contributed by atoms with Crippen LogP contribution in [0.4, 0.5) is 5.82 Å². The zero-order chi connectivity index (χ0) is 12.3. The standard InChI is InChI=1S/C12H18N4O/c13-7-9-3-2-6-16(8-9)12-10(11(14)17)4-1-5-15-12/h1,4-5,9H,2-3,6-8,13H2,(H2,14,17). The largest absolute Gasteiger partial charge is 0.365 e. The summed E-state index contributed by atoms with van der Waals surface area (Å²) in [4.78, 5) is 17.7. The molecule has 0 aromatic carbocycles. The van der Waals surface area contributed by atoms with Crippen LogP contribution >= 0.6 is 0 Å². The predicted octanol–water partition coefficient (Wildman–Crippen LogP) is 0.356. The van der Waals surface area contributed by atoms with E-state index in [1.54, 1.807) is 18.3 Å². The maximum absolute atomic E-state index is 11.3. The van der Waals surface area contributed by atoms with E-state index >= 15 is 0 Å². The lowest BCUT2D eigenvalue weighted by atomic mass is 9.98. The highest BCUT2D eigenvalue weighted by Gasteiger charge is 2.22. The van der Waals surface area contributed by atoms with Gasteiger partial charge in [-0.05, 0) is 37.4 Å². The number of pyridine rings is 1. The van der Waals surface area contributed by atoms with Gasteiger partial charge in [0, 0.05) is 19.3 Å². The Morgan fingerprint density at radius 1 is 1.59 bits per heavy atom. The maximum atomic E-state index is 11.3. The van der Waals surface area contributed by atoms with E-state index in [0.29, 0.717) is 23.8 Å². The molecule has 92 valence electrons. The fourth-order valence-electron chi connectivity index (χ4n) is 2.29. The third-order valence-electron chi connectivity index (χ3n) is 3.20. The van der Waals surface area contributed by atoms with Crippen molar-refractivity contribution in [1.29, 1.82) is 0 Å². The number of hydrogen-bond donors (Lipinski definition) is 2. The molecule has 0 radical (unpaired) electrons. The highest BCUT2D eigenvalue weighted by atomic mass is 16.1. The van der Waals surface area contributed by atoms with Crippen molar-refractivity contribution >= 4 is 11.7 Å². The summed E-state index contributed by atoms with van der Waals surface area (Å²) in [7, 11) is 0. The highest BCUT2D eigenvalue weighted by molar-refractivity contribution is 5.97. The summed E-state index contributed by atoms with van der Waals surface area (Å²) in [6.45, 7) is 2.44. The molecule has 0 saturated carbocycles. The summed E-state index contributed by atoms with van der Waals surface area (Å²) in [5, 5.41) is 0. The highest BCUT2D eigenvalue weighted by Crippen LogP contribution is 2.23. The normalized spacial score (nSPS) is 20.3. The van der Waals surface area contributed by atoms with E-state index in [9.17, 15) is 4.79 Å². The monoisotopic (exact) mass is 234 g/mol. The molecule has 1 aliphatic rings. The molecule has 1 aromatic rings. The Hall–Kier alpha value is -1.62. The van der Waals surface area contributed by atoms with E-state index < -0.39 is 5.91 Å². The average Bonchev–Trinajstić information content (AvgIpc) is 2.39. The molecule has 5 nitrogen and oxygen atoms in total. The van der Waals surface area contributed by atoms with Gasteiger partial charge in [0.2, 0.25) is 0 Å². The van der Waals surface area contributed by atoms with Crippen molar-refractivity contribution in [2.24, 2.45) is 17.4 Å². The number of amides is 1. The van der Waals surface area contributed by atoms with Gasteiger partial charge in [-0.15, -0.1) is 0 Å². The first-order chi connectivity index (χ1) is 8.22. The van der Waals surface area contributed by atoms with Crippen molar-refractivity contribution in [3.05, 3.63) is 23.9 Å². The lowest BCUT2D eigenvalue weighted by molar-refractivity contribution is 0.100. The molecule has 1 fully saturated rings. The van der Waals surface area contributed by atoms with Gasteiger partial charge in [0.25, 0.3) is 5.91 Å². The second-order valence-corrected chi connectivity index (χ2v) is 4.43. The Bertz CT molecular complexity index is 407. The summed E-state index contributed by atoms with van der Waals surface area (Å²) in [5.41, 5.74) is 11.6. The van der Waals surface area contributed by atoms with Gasteiger partial charge >= 0.3 is 0 Å². The summed E-state index contributed by atoms with van der Waals surface area (Å²) in [6.07, 6.45) is 3.91. The number of carbonyl (C=O) groups is 1. The molecule has 0 aliphatic carbocycles. The number of piperidine rings is 1. The maximum Gasteiger partial charge on any atom is 0.252 e. The molecule has 0 spiro atoms. The van der Waals surface area contributed by atoms with Crippen molar-refractivity contribution in [1.82, 2.24) is 4.98 Å². The first kappa shape index (κ1) is 11.9. The molecule has 1 unspecified atom stereocenters. The first-order valence-corrected chi connectivity index (χ1v) is 5.92. The summed E-state index contributed by atoms with van der Waals surface area (Å²) < 4.78 is 0. The summed E-state index contributed by atoms with van der Waals surface area (Å²) in [6, 6.07) is 3.45. The number of carbonyl (C=O) groups excluding carboxylic acids is 1. The Balaban J connectivity index is 2.24. The SMILES string of the molecule is NCC1CCCN(c2ncccc2C(N)=O)C1. The minimum atomic E-state index is -0.428. The molecule has 1 amide bonds. The molecule has 1 aliphatic heterocycles. The van der Waals surface area contributed by atoms with E-state index in [2.05, 4.69) is 9.88 Å². The lowest BCUT2D eigenvalue weighted by Gasteiger charge is -2.33. The number of nitrogens with zero attached hydrogens (tertiary/aromatic N) is 2. The minimum Gasteiger partial charge on any atom is -0.365 e. The van der Waals surface area contributed by atoms with E-state index in [1.807, 2.05) is 0 Å². The smallest absolute Gasteiger partial charge is 0.252 e. The van der Waals surface area contributed by atoms with Crippen molar-refractivity contribution in [3.8, 4) is 0 Å². The van der Waals surface area contributed by atoms with Crippen molar-refractivity contribution in [3.63, 3.8) is 0 Å². The molecule has 2 rings (SSSR count). The van der Waals surface area contributed by atoms with Crippen LogP contribution in [0.15, 0.2) is 18.3 Å². The number of anilines is 1. The van der Waals surface area contributed by atoms with Gasteiger partial charge in [0.05, 0.1) is 5.56 Å². The molecule has 1 aromatic heterocycles. The zero-order valence-electron chi connectivity index (χ0n) is 9.80. The number of hydrogen-bond acceptors (Lipinski definition) is 4. The van der Waals surface area contributed by atoms with Crippen LogP contribution in [0, 0.1) is 5.92 Å². The van der Waals surface area contributed by atoms with E-state index in [4.69, 9.17) is 11.5 Å². The molecular weight excluding hydrogens is 216 g/mol. The Labute approximate surface area is 101 Å². The predicted molar refractivity (Wildman–Crippen MR) is 66.7 cm³/mol. The topological polar surface area (TPSA) is 85.2 Å². The van der Waals surface area contributed by atoms with Crippen LogP contribution in [-0.4, -0.2) is 30.5 Å². The van der Waals surface area contributed by atoms with Gasteiger partial charge < -0.3 is 16.4 Å². The molecule has 1 atom stereocenters. The van der Waals surface area contributed by atoms with Gasteiger partial charge in [-0.2, -0.15) is 0 Å². The Morgan fingerprint density at radius 2 is 2.41 bits per heavy atom. The molecule has 1 saturated heterocycles. The van der Waals surface area contributed by atoms with Crippen LogP contribution in [0.25, 0.3) is 0 Å². The van der Waals surface area contributed by atoms with Crippen molar-refractivity contribution in [2.45, 2.75) is 12.8 Å². The number of primary amides is 1. The van der Waals surface area contributed by atoms with Gasteiger partial charge in [0.1, 0.15) is 5.82 Å². The fraction of sp³-hybridized carbons (Fsp3) is 0.500.